The lowest BCUT2D eigenvalue weighted by atomic mass is 9.95. The van der Waals surface area contributed by atoms with Crippen molar-refractivity contribution in [1.29, 1.82) is 5.26 Å². The third kappa shape index (κ3) is 2.60. The lowest BCUT2D eigenvalue weighted by Crippen LogP contribution is -2.33. The lowest BCUT2D eigenvalue weighted by molar-refractivity contribution is 0.340. The highest BCUT2D eigenvalue weighted by Crippen LogP contribution is 2.21. The molecule has 2 rings (SSSR count). The first kappa shape index (κ1) is 10.3. The molecule has 0 radical (unpaired) electrons. The third-order valence-electron chi connectivity index (χ3n) is 2.96. The van der Waals surface area contributed by atoms with E-state index in [4.69, 9.17) is 9.68 Å². The largest absolute Gasteiger partial charge is 0.467 e. The number of nitriles is 1. The highest BCUT2D eigenvalue weighted by molar-refractivity contribution is 5.12. The maximum atomic E-state index is 9.06. The molecule has 1 atom stereocenters. The van der Waals surface area contributed by atoms with Gasteiger partial charge in [0.05, 0.1) is 12.3 Å². The van der Waals surface area contributed by atoms with E-state index in [9.17, 15) is 0 Å². The van der Waals surface area contributed by atoms with E-state index < -0.39 is 0 Å². The van der Waals surface area contributed by atoms with Crippen molar-refractivity contribution in [1.82, 2.24) is 5.32 Å². The fourth-order valence-corrected chi connectivity index (χ4v) is 2.14. The molecule has 0 aliphatic heterocycles. The second kappa shape index (κ2) is 4.99. The molecule has 1 saturated carbocycles. The van der Waals surface area contributed by atoms with Crippen LogP contribution < -0.4 is 5.32 Å². The Morgan fingerprint density at radius 1 is 1.40 bits per heavy atom. The van der Waals surface area contributed by atoms with Crippen LogP contribution in [-0.2, 0) is 0 Å². The van der Waals surface area contributed by atoms with Crippen molar-refractivity contribution in [2.75, 3.05) is 0 Å². The molecule has 1 aromatic rings. The van der Waals surface area contributed by atoms with Gasteiger partial charge in [0.2, 0.25) is 0 Å². The molecule has 1 N–H and O–H groups in total. The third-order valence-corrected chi connectivity index (χ3v) is 2.96. The number of hydrogen-bond acceptors (Lipinski definition) is 3. The van der Waals surface area contributed by atoms with Gasteiger partial charge in [-0.1, -0.05) is 19.3 Å². The Morgan fingerprint density at radius 2 is 2.20 bits per heavy atom. The molecule has 0 amide bonds. The van der Waals surface area contributed by atoms with E-state index in [0.29, 0.717) is 6.04 Å². The molecular weight excluding hydrogens is 188 g/mol. The predicted octanol–water partition coefficient (Wildman–Crippen LogP) is 2.77. The molecule has 3 nitrogen and oxygen atoms in total. The van der Waals surface area contributed by atoms with Gasteiger partial charge in [0.1, 0.15) is 5.76 Å². The second-order valence-electron chi connectivity index (χ2n) is 4.08. The van der Waals surface area contributed by atoms with E-state index in [2.05, 4.69) is 11.4 Å². The summed E-state index contributed by atoms with van der Waals surface area (Å²) >= 11 is 0. The van der Waals surface area contributed by atoms with Crippen molar-refractivity contribution < 1.29 is 4.42 Å². The average molecular weight is 204 g/mol. The number of nitrogens with one attached hydrogen (secondary N) is 1. The Labute approximate surface area is 90.1 Å². The number of furan rings is 1. The molecule has 0 spiro atoms. The number of rotatable bonds is 3. The van der Waals surface area contributed by atoms with Gasteiger partial charge in [-0.05, 0) is 25.0 Å². The Bertz CT molecular complexity index is 320. The molecule has 1 aliphatic rings. The van der Waals surface area contributed by atoms with Gasteiger partial charge in [-0.2, -0.15) is 5.26 Å². The van der Waals surface area contributed by atoms with Gasteiger partial charge in [-0.25, -0.2) is 0 Å². The van der Waals surface area contributed by atoms with Crippen LogP contribution in [0, 0.1) is 11.3 Å². The summed E-state index contributed by atoms with van der Waals surface area (Å²) in [5.74, 6) is 0.725. The summed E-state index contributed by atoms with van der Waals surface area (Å²) in [4.78, 5) is 0. The zero-order valence-electron chi connectivity index (χ0n) is 8.78. The summed E-state index contributed by atoms with van der Waals surface area (Å²) in [5, 5.41) is 12.4. The molecule has 15 heavy (non-hydrogen) atoms. The molecule has 1 heterocycles. The maximum Gasteiger partial charge on any atom is 0.154 e. The van der Waals surface area contributed by atoms with Crippen LogP contribution in [-0.4, -0.2) is 6.04 Å². The normalized spacial score (nSPS) is 19.7. The Morgan fingerprint density at radius 3 is 2.80 bits per heavy atom. The molecule has 1 aliphatic carbocycles. The quantitative estimate of drug-likeness (QED) is 0.823. The predicted molar refractivity (Wildman–Crippen MR) is 57.1 cm³/mol. The standard InChI is InChI=1S/C12H16N2O/c13-9-11(12-7-4-8-15-12)14-10-5-2-1-3-6-10/h4,7-8,10-11,14H,1-3,5-6H2. The fourth-order valence-electron chi connectivity index (χ4n) is 2.14. The van der Waals surface area contributed by atoms with Gasteiger partial charge < -0.3 is 4.42 Å². The van der Waals surface area contributed by atoms with E-state index >= 15 is 0 Å². The van der Waals surface area contributed by atoms with E-state index in [0.717, 1.165) is 5.76 Å². The van der Waals surface area contributed by atoms with E-state index in [-0.39, 0.29) is 6.04 Å². The van der Waals surface area contributed by atoms with Crippen LogP contribution >= 0.6 is 0 Å². The maximum absolute atomic E-state index is 9.06. The van der Waals surface area contributed by atoms with Crippen LogP contribution in [0.5, 0.6) is 0 Å². The van der Waals surface area contributed by atoms with Crippen LogP contribution in [0.4, 0.5) is 0 Å². The van der Waals surface area contributed by atoms with Gasteiger partial charge >= 0.3 is 0 Å². The highest BCUT2D eigenvalue weighted by atomic mass is 16.3. The minimum absolute atomic E-state index is 0.289. The second-order valence-corrected chi connectivity index (χ2v) is 4.08. The zero-order valence-corrected chi connectivity index (χ0v) is 8.78. The minimum Gasteiger partial charge on any atom is -0.467 e. The smallest absolute Gasteiger partial charge is 0.154 e. The van der Waals surface area contributed by atoms with Gasteiger partial charge in [-0.3, -0.25) is 5.32 Å². The van der Waals surface area contributed by atoms with Crippen molar-refractivity contribution >= 4 is 0 Å². The molecule has 3 heteroatoms. The van der Waals surface area contributed by atoms with Gasteiger partial charge in [-0.15, -0.1) is 0 Å². The highest BCUT2D eigenvalue weighted by Gasteiger charge is 2.20. The molecule has 80 valence electrons. The molecule has 0 saturated heterocycles. The molecule has 1 unspecified atom stereocenters. The first-order chi connectivity index (χ1) is 7.40. The number of hydrogen-bond donors (Lipinski definition) is 1. The summed E-state index contributed by atoms with van der Waals surface area (Å²) in [6.45, 7) is 0. The van der Waals surface area contributed by atoms with Crippen LogP contribution in [0.2, 0.25) is 0 Å². The Kier molecular flexibility index (Phi) is 3.41. The average Bonchev–Trinajstić information content (AvgIpc) is 2.81. The molecule has 1 aromatic heterocycles. The van der Waals surface area contributed by atoms with Crippen molar-refractivity contribution in [2.45, 2.75) is 44.2 Å². The van der Waals surface area contributed by atoms with E-state index in [1.54, 1.807) is 6.26 Å². The Balaban J connectivity index is 1.94. The summed E-state index contributed by atoms with van der Waals surface area (Å²) in [5.41, 5.74) is 0. The molecular formula is C12H16N2O. The van der Waals surface area contributed by atoms with Crippen LogP contribution in [0.25, 0.3) is 0 Å². The van der Waals surface area contributed by atoms with Crippen molar-refractivity contribution in [2.24, 2.45) is 0 Å². The van der Waals surface area contributed by atoms with Crippen molar-refractivity contribution in [3.63, 3.8) is 0 Å². The lowest BCUT2D eigenvalue weighted by Gasteiger charge is -2.24. The topological polar surface area (TPSA) is 49.0 Å². The van der Waals surface area contributed by atoms with Crippen molar-refractivity contribution in [3.05, 3.63) is 24.2 Å². The van der Waals surface area contributed by atoms with Crippen LogP contribution in [0.1, 0.15) is 43.9 Å². The van der Waals surface area contributed by atoms with Gasteiger partial charge in [0.15, 0.2) is 6.04 Å². The summed E-state index contributed by atoms with van der Waals surface area (Å²) in [6, 6.07) is 6.11. The van der Waals surface area contributed by atoms with E-state index in [1.165, 1.54) is 32.1 Å². The molecule has 0 bridgehead atoms. The monoisotopic (exact) mass is 204 g/mol. The summed E-state index contributed by atoms with van der Waals surface area (Å²) < 4.78 is 5.24. The molecule has 1 fully saturated rings. The SMILES string of the molecule is N#CC(NC1CCCCC1)c1ccco1. The summed E-state index contributed by atoms with van der Waals surface area (Å²) in [7, 11) is 0. The first-order valence-corrected chi connectivity index (χ1v) is 5.59. The fraction of sp³-hybridized carbons (Fsp3) is 0.583. The zero-order chi connectivity index (χ0) is 10.5. The van der Waals surface area contributed by atoms with Crippen LogP contribution in [0.15, 0.2) is 22.8 Å². The Hall–Kier alpha value is -1.27. The molecule has 0 aromatic carbocycles. The van der Waals surface area contributed by atoms with Gasteiger partial charge in [0.25, 0.3) is 0 Å². The first-order valence-electron chi connectivity index (χ1n) is 5.59. The summed E-state index contributed by atoms with van der Waals surface area (Å²) in [6.07, 6.45) is 7.85. The van der Waals surface area contributed by atoms with Gasteiger partial charge in [0, 0.05) is 6.04 Å². The van der Waals surface area contributed by atoms with Crippen LogP contribution in [0.3, 0.4) is 0 Å². The van der Waals surface area contributed by atoms with Crippen molar-refractivity contribution in [3.8, 4) is 6.07 Å². The minimum atomic E-state index is -0.289. The number of nitrogens with zero attached hydrogens (tertiary/aromatic N) is 1. The van der Waals surface area contributed by atoms with E-state index in [1.807, 2.05) is 12.1 Å².